The van der Waals surface area contributed by atoms with Crippen molar-refractivity contribution in [3.8, 4) is 5.75 Å². The Morgan fingerprint density at radius 3 is 2.59 bits per heavy atom. The Labute approximate surface area is 189 Å². The number of para-hydroxylation sites is 2. The molecule has 0 bridgehead atoms. The van der Waals surface area contributed by atoms with Crippen LogP contribution in [0.2, 0.25) is 0 Å². The minimum Gasteiger partial charge on any atom is -0.497 e. The summed E-state index contributed by atoms with van der Waals surface area (Å²) < 4.78 is 7.46. The average Bonchev–Trinajstić information content (AvgIpc) is 3.16. The lowest BCUT2D eigenvalue weighted by Gasteiger charge is -2.13. The number of carbonyl (C=O) groups excluding carboxylic acids is 1. The van der Waals surface area contributed by atoms with Gasteiger partial charge in [0, 0.05) is 25.1 Å². The summed E-state index contributed by atoms with van der Waals surface area (Å²) in [7, 11) is 1.61. The van der Waals surface area contributed by atoms with E-state index in [0.717, 1.165) is 42.0 Å². The number of fused-ring (bicyclic) bond motifs is 1. The minimum absolute atomic E-state index is 0.0726. The number of hydrogen-bond acceptors (Lipinski definition) is 3. The zero-order valence-electron chi connectivity index (χ0n) is 18.9. The van der Waals surface area contributed by atoms with Crippen molar-refractivity contribution in [1.82, 2.24) is 14.9 Å². The summed E-state index contributed by atoms with van der Waals surface area (Å²) in [6.07, 6.45) is 1.61. The maximum absolute atomic E-state index is 12.4. The number of carbonyl (C=O) groups is 1. The number of imidazole rings is 1. The SMILES string of the molecule is COc1ccc(C(=O)NCCCc2nc3ccccc3n2Cc2cc(C)ccc2C)cc1. The van der Waals surface area contributed by atoms with Gasteiger partial charge in [0.15, 0.2) is 0 Å². The van der Waals surface area contributed by atoms with Gasteiger partial charge in [0.1, 0.15) is 11.6 Å². The van der Waals surface area contributed by atoms with E-state index in [1.54, 1.807) is 31.4 Å². The second kappa shape index (κ2) is 9.69. The van der Waals surface area contributed by atoms with Crippen LogP contribution >= 0.6 is 0 Å². The molecule has 164 valence electrons. The molecule has 0 radical (unpaired) electrons. The van der Waals surface area contributed by atoms with Crippen LogP contribution in [-0.2, 0) is 13.0 Å². The van der Waals surface area contributed by atoms with Gasteiger partial charge in [0.2, 0.25) is 0 Å². The Kier molecular flexibility index (Phi) is 6.55. The Balaban J connectivity index is 1.45. The Morgan fingerprint density at radius 1 is 1.03 bits per heavy atom. The average molecular weight is 428 g/mol. The number of aromatic nitrogens is 2. The predicted molar refractivity (Wildman–Crippen MR) is 128 cm³/mol. The standard InChI is InChI=1S/C27H29N3O2/c1-19-10-11-20(2)22(17-19)18-30-25-8-5-4-7-24(25)29-26(30)9-6-16-28-27(31)21-12-14-23(32-3)15-13-21/h4-5,7-8,10-15,17H,6,9,16,18H2,1-3H3,(H,28,31). The minimum atomic E-state index is -0.0726. The Hall–Kier alpha value is -3.60. The topological polar surface area (TPSA) is 56.1 Å². The summed E-state index contributed by atoms with van der Waals surface area (Å²) in [6, 6.07) is 22.0. The monoisotopic (exact) mass is 427 g/mol. The molecule has 5 nitrogen and oxygen atoms in total. The molecule has 0 atom stereocenters. The zero-order chi connectivity index (χ0) is 22.5. The van der Waals surface area contributed by atoms with Crippen molar-refractivity contribution in [1.29, 1.82) is 0 Å². The van der Waals surface area contributed by atoms with Crippen molar-refractivity contribution in [2.24, 2.45) is 0 Å². The second-order valence-electron chi connectivity index (χ2n) is 8.12. The fraction of sp³-hybridized carbons (Fsp3) is 0.259. The molecule has 0 spiro atoms. The number of rotatable bonds is 8. The summed E-state index contributed by atoms with van der Waals surface area (Å²) in [4.78, 5) is 17.3. The van der Waals surface area contributed by atoms with Gasteiger partial charge >= 0.3 is 0 Å². The quantitative estimate of drug-likeness (QED) is 0.399. The first-order valence-electron chi connectivity index (χ1n) is 11.0. The molecule has 4 aromatic rings. The molecule has 0 aliphatic heterocycles. The van der Waals surface area contributed by atoms with Crippen molar-refractivity contribution >= 4 is 16.9 Å². The van der Waals surface area contributed by atoms with Crippen LogP contribution in [-0.4, -0.2) is 29.1 Å². The molecular weight excluding hydrogens is 398 g/mol. The van der Waals surface area contributed by atoms with Crippen LogP contribution in [0.15, 0.2) is 66.7 Å². The number of ether oxygens (including phenoxy) is 1. The number of methoxy groups -OCH3 is 1. The molecule has 1 aromatic heterocycles. The predicted octanol–water partition coefficient (Wildman–Crippen LogP) is 5.07. The number of hydrogen-bond donors (Lipinski definition) is 1. The molecular formula is C27H29N3O2. The molecule has 1 N–H and O–H groups in total. The number of nitrogens with zero attached hydrogens (tertiary/aromatic N) is 2. The van der Waals surface area contributed by atoms with E-state index in [1.807, 2.05) is 6.07 Å². The van der Waals surface area contributed by atoms with Crippen LogP contribution in [0.25, 0.3) is 11.0 Å². The highest BCUT2D eigenvalue weighted by Crippen LogP contribution is 2.21. The molecule has 4 rings (SSSR count). The van der Waals surface area contributed by atoms with Crippen molar-refractivity contribution < 1.29 is 9.53 Å². The van der Waals surface area contributed by atoms with Gasteiger partial charge in [0.05, 0.1) is 18.1 Å². The van der Waals surface area contributed by atoms with Gasteiger partial charge < -0.3 is 14.6 Å². The third kappa shape index (κ3) is 4.83. The fourth-order valence-corrected chi connectivity index (χ4v) is 3.93. The highest BCUT2D eigenvalue weighted by atomic mass is 16.5. The van der Waals surface area contributed by atoms with E-state index in [1.165, 1.54) is 16.7 Å². The van der Waals surface area contributed by atoms with Crippen molar-refractivity contribution in [3.63, 3.8) is 0 Å². The first kappa shape index (κ1) is 21.6. The summed E-state index contributed by atoms with van der Waals surface area (Å²) >= 11 is 0. The van der Waals surface area contributed by atoms with Crippen LogP contribution < -0.4 is 10.1 Å². The van der Waals surface area contributed by atoms with Crippen LogP contribution in [0.3, 0.4) is 0 Å². The molecule has 5 heteroatoms. The molecule has 0 aliphatic rings. The molecule has 0 saturated carbocycles. The van der Waals surface area contributed by atoms with E-state index in [4.69, 9.17) is 9.72 Å². The third-order valence-electron chi connectivity index (χ3n) is 5.78. The van der Waals surface area contributed by atoms with Crippen molar-refractivity contribution in [2.45, 2.75) is 33.2 Å². The van der Waals surface area contributed by atoms with Gasteiger partial charge in [-0.05, 0) is 67.8 Å². The van der Waals surface area contributed by atoms with Crippen molar-refractivity contribution in [3.05, 3.63) is 94.8 Å². The molecule has 0 unspecified atom stereocenters. The molecule has 0 aliphatic carbocycles. The zero-order valence-corrected chi connectivity index (χ0v) is 18.9. The maximum Gasteiger partial charge on any atom is 0.251 e. The van der Waals surface area contributed by atoms with Gasteiger partial charge in [-0.3, -0.25) is 4.79 Å². The smallest absolute Gasteiger partial charge is 0.251 e. The summed E-state index contributed by atoms with van der Waals surface area (Å²) in [6.45, 7) is 5.67. The lowest BCUT2D eigenvalue weighted by atomic mass is 10.1. The highest BCUT2D eigenvalue weighted by Gasteiger charge is 2.12. The van der Waals surface area contributed by atoms with Gasteiger partial charge in [-0.15, -0.1) is 0 Å². The maximum atomic E-state index is 12.4. The molecule has 3 aromatic carbocycles. The molecule has 0 saturated heterocycles. The van der Waals surface area contributed by atoms with E-state index in [9.17, 15) is 4.79 Å². The number of amides is 1. The largest absolute Gasteiger partial charge is 0.497 e. The summed E-state index contributed by atoms with van der Waals surface area (Å²) in [5.41, 5.74) is 6.64. The van der Waals surface area contributed by atoms with E-state index in [2.05, 4.69) is 60.1 Å². The summed E-state index contributed by atoms with van der Waals surface area (Å²) in [5.74, 6) is 1.71. The van der Waals surface area contributed by atoms with Gasteiger partial charge in [-0.2, -0.15) is 0 Å². The van der Waals surface area contributed by atoms with Crippen LogP contribution in [0.1, 0.15) is 39.3 Å². The van der Waals surface area contributed by atoms with Gasteiger partial charge in [-0.1, -0.05) is 35.9 Å². The van der Waals surface area contributed by atoms with E-state index in [0.29, 0.717) is 12.1 Å². The van der Waals surface area contributed by atoms with E-state index >= 15 is 0 Å². The molecule has 1 heterocycles. The third-order valence-corrected chi connectivity index (χ3v) is 5.78. The molecule has 32 heavy (non-hydrogen) atoms. The number of aryl methyl sites for hydroxylation is 3. The fourth-order valence-electron chi connectivity index (χ4n) is 3.93. The normalized spacial score (nSPS) is 11.0. The highest BCUT2D eigenvalue weighted by molar-refractivity contribution is 5.94. The van der Waals surface area contributed by atoms with Gasteiger partial charge in [0.25, 0.3) is 5.91 Å². The molecule has 1 amide bonds. The number of benzene rings is 3. The van der Waals surface area contributed by atoms with Crippen molar-refractivity contribution in [2.75, 3.05) is 13.7 Å². The van der Waals surface area contributed by atoms with Crippen LogP contribution in [0.5, 0.6) is 5.75 Å². The lowest BCUT2D eigenvalue weighted by molar-refractivity contribution is 0.0953. The summed E-state index contributed by atoms with van der Waals surface area (Å²) in [5, 5.41) is 3.01. The van der Waals surface area contributed by atoms with Crippen LogP contribution in [0, 0.1) is 13.8 Å². The lowest BCUT2D eigenvalue weighted by Crippen LogP contribution is -2.25. The van der Waals surface area contributed by atoms with E-state index in [-0.39, 0.29) is 5.91 Å². The second-order valence-corrected chi connectivity index (χ2v) is 8.12. The van der Waals surface area contributed by atoms with Gasteiger partial charge in [-0.25, -0.2) is 4.98 Å². The number of nitrogens with one attached hydrogen (secondary N) is 1. The first-order valence-corrected chi connectivity index (χ1v) is 11.0. The van der Waals surface area contributed by atoms with Crippen LogP contribution in [0.4, 0.5) is 0 Å². The Bertz CT molecular complexity index is 1230. The molecule has 0 fully saturated rings. The first-order chi connectivity index (χ1) is 15.5. The van der Waals surface area contributed by atoms with E-state index < -0.39 is 0 Å². The Morgan fingerprint density at radius 2 is 1.81 bits per heavy atom.